The zero-order chi connectivity index (χ0) is 27.9. The Morgan fingerprint density at radius 2 is 1.59 bits per heavy atom. The third kappa shape index (κ3) is 8.01. The minimum Gasteiger partial charge on any atom is -0.452 e. The van der Waals surface area contributed by atoms with Crippen molar-refractivity contribution in [3.63, 3.8) is 0 Å². The van der Waals surface area contributed by atoms with Crippen LogP contribution >= 0.6 is 0 Å². The summed E-state index contributed by atoms with van der Waals surface area (Å²) in [6, 6.07) is 6.59. The Balaban J connectivity index is 1.87. The largest absolute Gasteiger partial charge is 0.452 e. The number of esters is 1. The van der Waals surface area contributed by atoms with E-state index in [4.69, 9.17) is 4.74 Å². The maximum absolute atomic E-state index is 13.6. The monoisotopic (exact) mass is 544 g/mol. The van der Waals surface area contributed by atoms with Crippen LogP contribution in [0.2, 0.25) is 0 Å². The van der Waals surface area contributed by atoms with Gasteiger partial charge in [0.15, 0.2) is 23.6 Å². The normalized spacial score (nSPS) is 12.0. The second kappa shape index (κ2) is 12.3. The molecular weight excluding hydrogens is 521 g/mol. The minimum atomic E-state index is -4.11. The van der Waals surface area contributed by atoms with Crippen LogP contribution in [0.25, 0.3) is 0 Å². The fourth-order valence-electron chi connectivity index (χ4n) is 2.78. The highest BCUT2D eigenvalue weighted by Crippen LogP contribution is 2.20. The Bertz CT molecular complexity index is 1300. The lowest BCUT2D eigenvalue weighted by molar-refractivity contribution is -0.154. The molecule has 37 heavy (non-hydrogen) atoms. The van der Waals surface area contributed by atoms with Crippen LogP contribution in [0.3, 0.4) is 0 Å². The first-order chi connectivity index (χ1) is 17.2. The molecule has 0 saturated heterocycles. The Hall–Kier alpha value is -3.98. The maximum Gasteiger partial charge on any atom is 0.322 e. The number of carbonyl (C=O) groups is 4. The molecule has 1 atom stereocenters. The lowest BCUT2D eigenvalue weighted by Gasteiger charge is -2.18. The molecule has 0 unspecified atom stereocenters. The number of nitrogens with one attached hydrogen (secondary N) is 3. The van der Waals surface area contributed by atoms with Crippen LogP contribution < -0.4 is 16.0 Å². The van der Waals surface area contributed by atoms with Gasteiger partial charge in [0, 0.05) is 19.7 Å². The van der Waals surface area contributed by atoms with E-state index >= 15 is 0 Å². The van der Waals surface area contributed by atoms with E-state index < -0.39 is 70.1 Å². The number of nitrogens with zero attached hydrogens (tertiary/aromatic N) is 1. The second-order valence-corrected chi connectivity index (χ2v) is 9.63. The number of rotatable bonds is 10. The standard InChI is InChI=1S/C22H23F3N4O7S/c1-12(22(33)26-10-18(31)28-17-9-8-16(23)20(24)21(17)25)36-19(32)11-29(3)37(34,35)15-6-4-14(5-7-15)27-13(2)30/h4-9,12H,10-11H2,1-3H3,(H,26,33)(H,27,30)(H,28,31)/t12-/m1/s1. The third-order valence-corrected chi connectivity index (χ3v) is 6.46. The van der Waals surface area contributed by atoms with Gasteiger partial charge in [-0.3, -0.25) is 19.2 Å². The molecule has 0 aromatic heterocycles. The van der Waals surface area contributed by atoms with Gasteiger partial charge in [0.2, 0.25) is 21.8 Å². The lowest BCUT2D eigenvalue weighted by Crippen LogP contribution is -2.41. The van der Waals surface area contributed by atoms with Gasteiger partial charge in [-0.1, -0.05) is 0 Å². The Labute approximate surface area is 210 Å². The van der Waals surface area contributed by atoms with Crippen LogP contribution in [0.15, 0.2) is 41.3 Å². The quantitative estimate of drug-likeness (QED) is 0.302. The van der Waals surface area contributed by atoms with Gasteiger partial charge in [0.1, 0.15) is 6.54 Å². The SMILES string of the molecule is CC(=O)Nc1ccc(S(=O)(=O)N(C)CC(=O)O[C@H](C)C(=O)NCC(=O)Nc2ccc(F)c(F)c2F)cc1. The van der Waals surface area contributed by atoms with Crippen molar-refractivity contribution in [3.8, 4) is 0 Å². The molecule has 0 aliphatic carbocycles. The van der Waals surface area contributed by atoms with Crippen molar-refractivity contribution in [1.82, 2.24) is 9.62 Å². The van der Waals surface area contributed by atoms with E-state index in [0.29, 0.717) is 16.1 Å². The van der Waals surface area contributed by atoms with Gasteiger partial charge < -0.3 is 20.7 Å². The van der Waals surface area contributed by atoms with Crippen LogP contribution in [-0.4, -0.2) is 62.7 Å². The van der Waals surface area contributed by atoms with E-state index in [1.54, 1.807) is 0 Å². The van der Waals surface area contributed by atoms with E-state index in [9.17, 15) is 40.8 Å². The minimum absolute atomic E-state index is 0.161. The number of sulfonamides is 1. The average Bonchev–Trinajstić information content (AvgIpc) is 2.82. The number of hydrogen-bond donors (Lipinski definition) is 3. The van der Waals surface area contributed by atoms with Crippen molar-refractivity contribution in [2.45, 2.75) is 24.8 Å². The lowest BCUT2D eigenvalue weighted by atomic mass is 10.2. The maximum atomic E-state index is 13.6. The molecule has 2 rings (SSSR count). The van der Waals surface area contributed by atoms with Crippen molar-refractivity contribution in [1.29, 1.82) is 0 Å². The van der Waals surface area contributed by atoms with Crippen LogP contribution in [0.5, 0.6) is 0 Å². The van der Waals surface area contributed by atoms with Gasteiger partial charge in [0.25, 0.3) is 5.91 Å². The predicted octanol–water partition coefficient (Wildman–Crippen LogP) is 1.37. The molecule has 0 heterocycles. The fourth-order valence-corrected chi connectivity index (χ4v) is 3.89. The molecule has 0 saturated carbocycles. The molecule has 0 spiro atoms. The third-order valence-electron chi connectivity index (χ3n) is 4.64. The number of amides is 3. The molecule has 2 aromatic carbocycles. The number of benzene rings is 2. The Kier molecular flexibility index (Phi) is 9.74. The van der Waals surface area contributed by atoms with Crippen LogP contribution in [0.1, 0.15) is 13.8 Å². The second-order valence-electron chi connectivity index (χ2n) is 7.59. The highest BCUT2D eigenvalue weighted by atomic mass is 32.2. The first kappa shape index (κ1) is 29.3. The van der Waals surface area contributed by atoms with E-state index in [1.807, 2.05) is 5.32 Å². The summed E-state index contributed by atoms with van der Waals surface area (Å²) >= 11 is 0. The molecular formula is C22H23F3N4O7S. The Morgan fingerprint density at radius 1 is 0.973 bits per heavy atom. The van der Waals surface area contributed by atoms with Crippen molar-refractivity contribution < 1.29 is 45.5 Å². The molecule has 0 bridgehead atoms. The van der Waals surface area contributed by atoms with Crippen LogP contribution in [0, 0.1) is 17.5 Å². The smallest absolute Gasteiger partial charge is 0.322 e. The number of ether oxygens (including phenoxy) is 1. The van der Waals surface area contributed by atoms with E-state index in [0.717, 1.165) is 20.0 Å². The number of hydrogen-bond acceptors (Lipinski definition) is 7. The topological polar surface area (TPSA) is 151 Å². The summed E-state index contributed by atoms with van der Waals surface area (Å²) in [5, 5.41) is 6.53. The summed E-state index contributed by atoms with van der Waals surface area (Å²) in [4.78, 5) is 47.0. The molecule has 0 aliphatic heterocycles. The molecule has 0 fully saturated rings. The van der Waals surface area contributed by atoms with E-state index in [2.05, 4.69) is 10.6 Å². The summed E-state index contributed by atoms with van der Waals surface area (Å²) in [7, 11) is -2.99. The van der Waals surface area contributed by atoms with Crippen molar-refractivity contribution >= 4 is 45.1 Å². The summed E-state index contributed by atoms with van der Waals surface area (Å²) in [6.07, 6.45) is -1.44. The summed E-state index contributed by atoms with van der Waals surface area (Å²) in [6.45, 7) is 0.984. The molecule has 3 N–H and O–H groups in total. The van der Waals surface area contributed by atoms with Crippen molar-refractivity contribution in [2.24, 2.45) is 0 Å². The predicted molar refractivity (Wildman–Crippen MR) is 124 cm³/mol. The molecule has 200 valence electrons. The number of anilines is 2. The molecule has 11 nitrogen and oxygen atoms in total. The first-order valence-electron chi connectivity index (χ1n) is 10.5. The number of likely N-dealkylation sites (N-methyl/N-ethyl adjacent to an activating group) is 1. The van der Waals surface area contributed by atoms with Gasteiger partial charge in [-0.2, -0.15) is 4.31 Å². The molecule has 15 heteroatoms. The first-order valence-corrected chi connectivity index (χ1v) is 11.9. The van der Waals surface area contributed by atoms with Gasteiger partial charge in [-0.25, -0.2) is 21.6 Å². The highest BCUT2D eigenvalue weighted by Gasteiger charge is 2.26. The molecule has 0 aliphatic rings. The van der Waals surface area contributed by atoms with Crippen molar-refractivity contribution in [2.75, 3.05) is 30.8 Å². The van der Waals surface area contributed by atoms with Crippen molar-refractivity contribution in [3.05, 3.63) is 53.8 Å². The summed E-state index contributed by atoms with van der Waals surface area (Å²) in [5.74, 6) is -8.18. The zero-order valence-corrected chi connectivity index (χ0v) is 20.6. The average molecular weight is 545 g/mol. The van der Waals surface area contributed by atoms with Gasteiger partial charge in [-0.15, -0.1) is 0 Å². The highest BCUT2D eigenvalue weighted by molar-refractivity contribution is 7.89. The molecule has 0 radical (unpaired) electrons. The van der Waals surface area contributed by atoms with E-state index in [1.165, 1.54) is 31.2 Å². The van der Waals surface area contributed by atoms with Gasteiger partial charge in [-0.05, 0) is 43.3 Å². The number of carbonyl (C=O) groups excluding carboxylic acids is 4. The van der Waals surface area contributed by atoms with E-state index in [-0.39, 0.29) is 10.8 Å². The molecule has 2 aromatic rings. The Morgan fingerprint density at radius 3 is 2.19 bits per heavy atom. The van der Waals surface area contributed by atoms with Gasteiger partial charge in [0.05, 0.1) is 17.1 Å². The molecule has 3 amide bonds. The fraction of sp³-hybridized carbons (Fsp3) is 0.273. The van der Waals surface area contributed by atoms with Crippen LogP contribution in [-0.2, 0) is 33.9 Å². The zero-order valence-electron chi connectivity index (χ0n) is 19.8. The van der Waals surface area contributed by atoms with Crippen LogP contribution in [0.4, 0.5) is 24.5 Å². The summed E-state index contributed by atoms with van der Waals surface area (Å²) in [5.41, 5.74) is -0.274. The van der Waals surface area contributed by atoms with Gasteiger partial charge >= 0.3 is 5.97 Å². The summed E-state index contributed by atoms with van der Waals surface area (Å²) < 4.78 is 70.7. The number of halogens is 3.